The maximum Gasteiger partial charge on any atom is 0.127 e. The molecule has 3 nitrogen and oxygen atoms in total. The van der Waals surface area contributed by atoms with Gasteiger partial charge in [0.2, 0.25) is 0 Å². The Balaban J connectivity index is 1.30. The predicted molar refractivity (Wildman–Crippen MR) is 109 cm³/mol. The van der Waals surface area contributed by atoms with Gasteiger partial charge < -0.3 is 9.47 Å². The van der Waals surface area contributed by atoms with Crippen LogP contribution in [-0.2, 0) is 6.42 Å². The summed E-state index contributed by atoms with van der Waals surface area (Å²) in [6.45, 7) is 0.676. The lowest BCUT2D eigenvalue weighted by Gasteiger charge is -2.09. The van der Waals surface area contributed by atoms with Gasteiger partial charge in [-0.25, -0.2) is 0 Å². The van der Waals surface area contributed by atoms with Crippen molar-refractivity contribution in [2.75, 3.05) is 6.61 Å². The van der Waals surface area contributed by atoms with Crippen LogP contribution < -0.4 is 9.47 Å². The van der Waals surface area contributed by atoms with Gasteiger partial charge in [0, 0.05) is 11.6 Å². The predicted octanol–water partition coefficient (Wildman–Crippen LogP) is 6.04. The molecular formula is C24H21NO2. The van der Waals surface area contributed by atoms with E-state index in [2.05, 4.69) is 17.1 Å². The molecule has 0 aliphatic carbocycles. The van der Waals surface area contributed by atoms with Gasteiger partial charge in [0.1, 0.15) is 17.2 Å². The molecule has 3 aromatic carbocycles. The summed E-state index contributed by atoms with van der Waals surface area (Å²) in [5.41, 5.74) is 2.23. The van der Waals surface area contributed by atoms with Crippen LogP contribution in [0, 0.1) is 0 Å². The van der Waals surface area contributed by atoms with Crippen molar-refractivity contribution >= 4 is 10.9 Å². The van der Waals surface area contributed by atoms with Crippen molar-refractivity contribution in [2.45, 2.75) is 12.8 Å². The summed E-state index contributed by atoms with van der Waals surface area (Å²) in [6.07, 6.45) is 3.69. The van der Waals surface area contributed by atoms with Gasteiger partial charge in [-0.05, 0) is 66.9 Å². The van der Waals surface area contributed by atoms with Gasteiger partial charge >= 0.3 is 0 Å². The van der Waals surface area contributed by atoms with Crippen molar-refractivity contribution in [1.82, 2.24) is 4.98 Å². The van der Waals surface area contributed by atoms with Crippen molar-refractivity contribution in [1.29, 1.82) is 0 Å². The fourth-order valence-corrected chi connectivity index (χ4v) is 3.00. The number of rotatable bonds is 7. The van der Waals surface area contributed by atoms with Gasteiger partial charge in [-0.15, -0.1) is 0 Å². The Morgan fingerprint density at radius 1 is 0.704 bits per heavy atom. The van der Waals surface area contributed by atoms with Crippen LogP contribution in [0.15, 0.2) is 91.1 Å². The molecule has 4 aromatic rings. The molecule has 1 heterocycles. The third-order valence-corrected chi connectivity index (χ3v) is 4.33. The number of ether oxygens (including phenoxy) is 2. The molecule has 0 fully saturated rings. The Labute approximate surface area is 159 Å². The molecule has 0 atom stereocenters. The molecule has 1 aromatic heterocycles. The van der Waals surface area contributed by atoms with Crippen LogP contribution in [0.1, 0.15) is 12.0 Å². The van der Waals surface area contributed by atoms with Crippen LogP contribution in [-0.4, -0.2) is 11.6 Å². The summed E-state index contributed by atoms with van der Waals surface area (Å²) in [7, 11) is 0. The molecule has 0 unspecified atom stereocenters. The smallest absolute Gasteiger partial charge is 0.127 e. The third kappa shape index (κ3) is 4.64. The minimum absolute atomic E-state index is 0.676. The Morgan fingerprint density at radius 2 is 1.59 bits per heavy atom. The largest absolute Gasteiger partial charge is 0.494 e. The Morgan fingerprint density at radius 3 is 2.52 bits per heavy atom. The van der Waals surface area contributed by atoms with Crippen molar-refractivity contribution < 1.29 is 9.47 Å². The quantitative estimate of drug-likeness (QED) is 0.379. The molecule has 0 amide bonds. The fourth-order valence-electron chi connectivity index (χ4n) is 3.00. The highest BCUT2D eigenvalue weighted by Gasteiger charge is 2.01. The number of para-hydroxylation sites is 1. The van der Waals surface area contributed by atoms with Gasteiger partial charge in [0.15, 0.2) is 0 Å². The van der Waals surface area contributed by atoms with Crippen LogP contribution in [0.3, 0.4) is 0 Å². The maximum atomic E-state index is 5.90. The summed E-state index contributed by atoms with van der Waals surface area (Å²) < 4.78 is 11.8. The van der Waals surface area contributed by atoms with E-state index >= 15 is 0 Å². The lowest BCUT2D eigenvalue weighted by molar-refractivity contribution is 0.311. The Hall–Kier alpha value is -3.33. The molecular weight excluding hydrogens is 334 g/mol. The van der Waals surface area contributed by atoms with Crippen LogP contribution in [0.4, 0.5) is 0 Å². The molecule has 134 valence electrons. The second-order valence-electron chi connectivity index (χ2n) is 6.37. The number of benzene rings is 3. The summed E-state index contributed by atoms with van der Waals surface area (Å²) >= 11 is 0. The van der Waals surface area contributed by atoms with E-state index in [-0.39, 0.29) is 0 Å². The number of aryl methyl sites for hydroxylation is 1. The van der Waals surface area contributed by atoms with E-state index in [1.807, 2.05) is 72.8 Å². The minimum Gasteiger partial charge on any atom is -0.494 e. The first-order valence-electron chi connectivity index (χ1n) is 9.16. The number of aromatic nitrogens is 1. The number of hydrogen-bond acceptors (Lipinski definition) is 3. The van der Waals surface area contributed by atoms with E-state index in [1.165, 1.54) is 5.56 Å². The van der Waals surface area contributed by atoms with Crippen LogP contribution in [0.2, 0.25) is 0 Å². The zero-order valence-electron chi connectivity index (χ0n) is 15.0. The Bertz CT molecular complexity index is 1010. The monoisotopic (exact) mass is 355 g/mol. The van der Waals surface area contributed by atoms with E-state index in [0.29, 0.717) is 6.61 Å². The van der Waals surface area contributed by atoms with Gasteiger partial charge in [-0.1, -0.05) is 36.4 Å². The first kappa shape index (κ1) is 17.1. The van der Waals surface area contributed by atoms with Crippen molar-refractivity contribution in [3.63, 3.8) is 0 Å². The highest BCUT2D eigenvalue weighted by molar-refractivity contribution is 5.79. The van der Waals surface area contributed by atoms with E-state index in [1.54, 1.807) is 6.20 Å². The summed E-state index contributed by atoms with van der Waals surface area (Å²) in [5, 5.41) is 1.10. The number of nitrogens with zero attached hydrogens (tertiary/aromatic N) is 1. The molecule has 0 aliphatic heterocycles. The molecule has 27 heavy (non-hydrogen) atoms. The second-order valence-corrected chi connectivity index (χ2v) is 6.37. The number of fused-ring (bicyclic) bond motifs is 1. The van der Waals surface area contributed by atoms with Crippen molar-refractivity contribution in [3.8, 4) is 17.2 Å². The average Bonchev–Trinajstić information content (AvgIpc) is 2.72. The van der Waals surface area contributed by atoms with Crippen LogP contribution in [0.5, 0.6) is 17.2 Å². The molecule has 0 saturated heterocycles. The molecule has 0 N–H and O–H groups in total. The standard InChI is InChI=1S/C24H21NO2/c1-2-10-21(11-3-1)27-23-12-4-7-19(17-23)8-6-16-26-22-13-14-24-20(18-22)9-5-15-25-24/h1-5,7,9-15,17-18H,6,8,16H2. The van der Waals surface area contributed by atoms with E-state index in [4.69, 9.17) is 9.47 Å². The van der Waals surface area contributed by atoms with Crippen molar-refractivity contribution in [2.24, 2.45) is 0 Å². The third-order valence-electron chi connectivity index (χ3n) is 4.33. The van der Waals surface area contributed by atoms with E-state index < -0.39 is 0 Å². The van der Waals surface area contributed by atoms with Gasteiger partial charge in [-0.2, -0.15) is 0 Å². The Kier molecular flexibility index (Phi) is 5.30. The molecule has 0 bridgehead atoms. The van der Waals surface area contributed by atoms with Gasteiger partial charge in [0.05, 0.1) is 12.1 Å². The topological polar surface area (TPSA) is 31.4 Å². The van der Waals surface area contributed by atoms with E-state index in [0.717, 1.165) is 41.0 Å². The SMILES string of the molecule is c1ccc(Oc2cccc(CCCOc3ccc4ncccc4c3)c2)cc1. The highest BCUT2D eigenvalue weighted by atomic mass is 16.5. The maximum absolute atomic E-state index is 5.90. The molecule has 0 saturated carbocycles. The van der Waals surface area contributed by atoms with Gasteiger partial charge in [-0.3, -0.25) is 4.98 Å². The van der Waals surface area contributed by atoms with Crippen LogP contribution in [0.25, 0.3) is 10.9 Å². The molecule has 3 heteroatoms. The molecule has 0 aliphatic rings. The second kappa shape index (κ2) is 8.37. The van der Waals surface area contributed by atoms with E-state index in [9.17, 15) is 0 Å². The summed E-state index contributed by atoms with van der Waals surface area (Å²) in [6, 6.07) is 28.1. The molecule has 0 spiro atoms. The number of hydrogen-bond donors (Lipinski definition) is 0. The lowest BCUT2D eigenvalue weighted by atomic mass is 10.1. The normalized spacial score (nSPS) is 10.7. The first-order chi connectivity index (χ1) is 13.4. The summed E-state index contributed by atoms with van der Waals surface area (Å²) in [4.78, 5) is 4.33. The summed E-state index contributed by atoms with van der Waals surface area (Å²) in [5.74, 6) is 2.60. The lowest BCUT2D eigenvalue weighted by Crippen LogP contribution is -1.99. The minimum atomic E-state index is 0.676. The van der Waals surface area contributed by atoms with Crippen LogP contribution >= 0.6 is 0 Å². The molecule has 0 radical (unpaired) electrons. The molecule has 4 rings (SSSR count). The highest BCUT2D eigenvalue weighted by Crippen LogP contribution is 2.23. The van der Waals surface area contributed by atoms with Gasteiger partial charge in [0.25, 0.3) is 0 Å². The average molecular weight is 355 g/mol. The fraction of sp³-hybridized carbons (Fsp3) is 0.125. The number of pyridine rings is 1. The zero-order valence-corrected chi connectivity index (χ0v) is 15.0. The van der Waals surface area contributed by atoms with Crippen molar-refractivity contribution in [3.05, 3.63) is 96.7 Å². The first-order valence-corrected chi connectivity index (χ1v) is 9.16. The zero-order chi connectivity index (χ0) is 18.3.